The molecule has 62 valence electrons. The number of nitrogens with two attached hydrogens (primary N) is 1. The van der Waals surface area contributed by atoms with Crippen molar-refractivity contribution in [1.82, 2.24) is 0 Å². The van der Waals surface area contributed by atoms with Crippen molar-refractivity contribution in [1.29, 1.82) is 0 Å². The molecule has 0 aromatic carbocycles. The number of sulfonamides is 1. The molecule has 0 amide bonds. The second-order valence-electron chi connectivity index (χ2n) is 2.85. The summed E-state index contributed by atoms with van der Waals surface area (Å²) >= 11 is 0. The fourth-order valence-electron chi connectivity index (χ4n) is 1.39. The molecule has 2 N–H and O–H groups in total. The van der Waals surface area contributed by atoms with Gasteiger partial charge in [0, 0.05) is 0 Å². The van der Waals surface area contributed by atoms with Gasteiger partial charge in [0.2, 0.25) is 10.0 Å². The first-order valence-corrected chi connectivity index (χ1v) is 5.23. The molecule has 5 heteroatoms. The third-order valence-corrected chi connectivity index (χ3v) is 3.42. The summed E-state index contributed by atoms with van der Waals surface area (Å²) in [6.45, 7) is 0. The van der Waals surface area contributed by atoms with Crippen LogP contribution in [0.5, 0.6) is 0 Å². The Bertz CT molecular complexity index is 197. The van der Waals surface area contributed by atoms with Gasteiger partial charge in [0.15, 0.2) is 0 Å². The SMILES string of the molecule is NS(=O)(=O)C1CCCCC1.[NaH]. The van der Waals surface area contributed by atoms with Gasteiger partial charge < -0.3 is 0 Å². The minimum atomic E-state index is -3.23. The molecule has 1 aliphatic carbocycles. The van der Waals surface area contributed by atoms with Gasteiger partial charge in [-0.15, -0.1) is 0 Å². The standard InChI is InChI=1S/C6H13NO2S.Na.H/c7-10(8,9)6-4-2-1-3-5-6;;/h6H,1-5H2,(H2,7,8,9);;. The average molecular weight is 187 g/mol. The Kier molecular flexibility index (Phi) is 5.22. The minimum absolute atomic E-state index is 0. The molecule has 1 fully saturated rings. The summed E-state index contributed by atoms with van der Waals surface area (Å²) in [7, 11) is -3.23. The van der Waals surface area contributed by atoms with Crippen molar-refractivity contribution in [3.63, 3.8) is 0 Å². The normalized spacial score (nSPS) is 20.8. The van der Waals surface area contributed by atoms with E-state index in [1.54, 1.807) is 0 Å². The van der Waals surface area contributed by atoms with Crippen LogP contribution in [0.25, 0.3) is 0 Å². The maximum absolute atomic E-state index is 10.8. The Labute approximate surface area is 90.1 Å². The van der Waals surface area contributed by atoms with Crippen LogP contribution < -0.4 is 5.14 Å². The number of rotatable bonds is 1. The van der Waals surface area contributed by atoms with E-state index in [1.165, 1.54) is 0 Å². The van der Waals surface area contributed by atoms with Crippen molar-refractivity contribution in [3.8, 4) is 0 Å². The second kappa shape index (κ2) is 4.82. The first-order valence-electron chi connectivity index (χ1n) is 3.62. The van der Waals surface area contributed by atoms with E-state index >= 15 is 0 Å². The molecule has 0 unspecified atom stereocenters. The van der Waals surface area contributed by atoms with Crippen molar-refractivity contribution in [2.75, 3.05) is 0 Å². The van der Waals surface area contributed by atoms with Crippen LogP contribution in [-0.4, -0.2) is 43.2 Å². The quantitative estimate of drug-likeness (QED) is 0.585. The van der Waals surface area contributed by atoms with Crippen LogP contribution in [0.1, 0.15) is 32.1 Å². The monoisotopic (exact) mass is 187 g/mol. The Balaban J connectivity index is 0.000001000. The molecule has 0 atom stereocenters. The molecular formula is C6H14NNaO2S. The maximum atomic E-state index is 10.8. The van der Waals surface area contributed by atoms with Gasteiger partial charge in [0.1, 0.15) is 0 Å². The van der Waals surface area contributed by atoms with Crippen LogP contribution in [0.15, 0.2) is 0 Å². The zero-order valence-electron chi connectivity index (χ0n) is 5.91. The number of hydrogen-bond donors (Lipinski definition) is 1. The molecule has 0 heterocycles. The Morgan fingerprint density at radius 3 is 1.82 bits per heavy atom. The van der Waals surface area contributed by atoms with Gasteiger partial charge in [-0.2, -0.15) is 0 Å². The molecule has 1 rings (SSSR count). The molecule has 3 nitrogen and oxygen atoms in total. The third kappa shape index (κ3) is 3.90. The molecule has 0 aromatic rings. The second-order valence-corrected chi connectivity index (χ2v) is 4.69. The predicted octanol–water partition coefficient (Wildman–Crippen LogP) is -0.0409. The van der Waals surface area contributed by atoms with Crippen molar-refractivity contribution < 1.29 is 8.42 Å². The van der Waals surface area contributed by atoms with Gasteiger partial charge in [-0.3, -0.25) is 0 Å². The van der Waals surface area contributed by atoms with Crippen LogP contribution >= 0.6 is 0 Å². The van der Waals surface area contributed by atoms with E-state index in [-0.39, 0.29) is 34.8 Å². The average Bonchev–Trinajstić information content (AvgIpc) is 1.88. The summed E-state index contributed by atoms with van der Waals surface area (Å²) in [4.78, 5) is 0. The molecule has 0 bridgehead atoms. The van der Waals surface area contributed by atoms with E-state index in [9.17, 15) is 8.42 Å². The van der Waals surface area contributed by atoms with Crippen LogP contribution in [-0.2, 0) is 10.0 Å². The third-order valence-electron chi connectivity index (χ3n) is 2.02. The van der Waals surface area contributed by atoms with Gasteiger partial charge in [0.25, 0.3) is 0 Å². The predicted molar refractivity (Wildman–Crippen MR) is 47.1 cm³/mol. The summed E-state index contributed by atoms with van der Waals surface area (Å²) < 4.78 is 21.5. The van der Waals surface area contributed by atoms with Gasteiger partial charge in [0.05, 0.1) is 5.25 Å². The van der Waals surface area contributed by atoms with E-state index in [4.69, 9.17) is 5.14 Å². The summed E-state index contributed by atoms with van der Waals surface area (Å²) in [5.74, 6) is 0. The summed E-state index contributed by atoms with van der Waals surface area (Å²) in [5, 5.41) is 4.73. The zero-order valence-corrected chi connectivity index (χ0v) is 6.73. The zero-order chi connectivity index (χ0) is 7.61. The van der Waals surface area contributed by atoms with Crippen molar-refractivity contribution in [2.24, 2.45) is 5.14 Å². The summed E-state index contributed by atoms with van der Waals surface area (Å²) in [5.41, 5.74) is 0. The van der Waals surface area contributed by atoms with Gasteiger partial charge in [-0.05, 0) is 12.8 Å². The molecule has 0 saturated heterocycles. The fourth-order valence-corrected chi connectivity index (χ4v) is 2.38. The van der Waals surface area contributed by atoms with Gasteiger partial charge >= 0.3 is 29.6 Å². The van der Waals surface area contributed by atoms with E-state index in [0.29, 0.717) is 0 Å². The first-order chi connectivity index (χ1) is 4.61. The van der Waals surface area contributed by atoms with Crippen LogP contribution in [0, 0.1) is 0 Å². The Morgan fingerprint density at radius 2 is 1.55 bits per heavy atom. The van der Waals surface area contributed by atoms with E-state index < -0.39 is 10.0 Å². The van der Waals surface area contributed by atoms with E-state index in [0.717, 1.165) is 32.1 Å². The summed E-state index contributed by atoms with van der Waals surface area (Å²) in [6.07, 6.45) is 4.71. The summed E-state index contributed by atoms with van der Waals surface area (Å²) in [6, 6.07) is 0. The first kappa shape index (κ1) is 11.9. The molecule has 11 heavy (non-hydrogen) atoms. The van der Waals surface area contributed by atoms with Crippen molar-refractivity contribution in [2.45, 2.75) is 37.4 Å². The Morgan fingerprint density at radius 1 is 1.09 bits per heavy atom. The topological polar surface area (TPSA) is 60.2 Å². The Hall–Kier alpha value is 0.910. The molecule has 0 aliphatic heterocycles. The van der Waals surface area contributed by atoms with E-state index in [1.807, 2.05) is 0 Å². The van der Waals surface area contributed by atoms with Crippen LogP contribution in [0.4, 0.5) is 0 Å². The van der Waals surface area contributed by atoms with Crippen LogP contribution in [0.2, 0.25) is 0 Å². The van der Waals surface area contributed by atoms with Gasteiger partial charge in [-0.25, -0.2) is 13.6 Å². The molecule has 0 radical (unpaired) electrons. The fraction of sp³-hybridized carbons (Fsp3) is 1.00. The van der Waals surface area contributed by atoms with Crippen LogP contribution in [0.3, 0.4) is 0 Å². The molecule has 0 spiro atoms. The van der Waals surface area contributed by atoms with E-state index in [2.05, 4.69) is 0 Å². The van der Waals surface area contributed by atoms with Gasteiger partial charge in [-0.1, -0.05) is 19.3 Å². The molecule has 0 aromatic heterocycles. The van der Waals surface area contributed by atoms with Crippen molar-refractivity contribution in [3.05, 3.63) is 0 Å². The van der Waals surface area contributed by atoms with Crippen molar-refractivity contribution >= 4 is 39.6 Å². The molecule has 1 saturated carbocycles. The molecule has 1 aliphatic rings. The number of primary sulfonamides is 1. The number of hydrogen-bond acceptors (Lipinski definition) is 2. The molecular weight excluding hydrogens is 173 g/mol.